The first-order valence-electron chi connectivity index (χ1n) is 4.51. The molecule has 1 aromatic carbocycles. The largest absolute Gasteiger partial charge is 0.480 e. The fourth-order valence-corrected chi connectivity index (χ4v) is 2.59. The predicted octanol–water partition coefficient (Wildman–Crippen LogP) is 2.23. The highest BCUT2D eigenvalue weighted by atomic mass is 79.9. The molecule has 0 spiro atoms. The van der Waals surface area contributed by atoms with Gasteiger partial charge in [-0.25, -0.2) is 4.39 Å². The lowest BCUT2D eigenvalue weighted by atomic mass is 10.2. The van der Waals surface area contributed by atoms with Gasteiger partial charge in [-0.1, -0.05) is 12.1 Å². The van der Waals surface area contributed by atoms with Crippen molar-refractivity contribution in [1.82, 2.24) is 0 Å². The summed E-state index contributed by atoms with van der Waals surface area (Å²) >= 11 is 4.50. The quantitative estimate of drug-likeness (QED) is 0.875. The van der Waals surface area contributed by atoms with Crippen molar-refractivity contribution in [2.45, 2.75) is 11.8 Å². The highest BCUT2D eigenvalue weighted by Gasteiger charge is 2.12. The lowest BCUT2D eigenvalue weighted by Crippen LogP contribution is -2.32. The summed E-state index contributed by atoms with van der Waals surface area (Å²) in [5, 5.41) is 8.57. The van der Waals surface area contributed by atoms with Gasteiger partial charge < -0.3 is 10.8 Å². The Morgan fingerprint density at radius 1 is 1.62 bits per heavy atom. The molecule has 0 saturated heterocycles. The van der Waals surface area contributed by atoms with Crippen LogP contribution in [0.3, 0.4) is 0 Å². The lowest BCUT2D eigenvalue weighted by Gasteiger charge is -2.07. The smallest absolute Gasteiger partial charge is 0.321 e. The number of nitrogens with two attached hydrogens (primary N) is 1. The van der Waals surface area contributed by atoms with E-state index in [0.717, 1.165) is 5.56 Å². The van der Waals surface area contributed by atoms with Crippen LogP contribution in [-0.4, -0.2) is 22.9 Å². The normalized spacial score (nSPS) is 12.4. The zero-order chi connectivity index (χ0) is 12.1. The Morgan fingerprint density at radius 2 is 2.31 bits per heavy atom. The van der Waals surface area contributed by atoms with E-state index in [0.29, 0.717) is 16.0 Å². The standard InChI is InChI=1S/C10H11BrFNO2S/c11-9-6(2-1-3-7(9)12)4-16-5-8(13)10(14)15/h1-3,8H,4-5,13H2,(H,14,15)/t8-/m1/s1. The summed E-state index contributed by atoms with van der Waals surface area (Å²) in [4.78, 5) is 10.5. The molecule has 0 aliphatic heterocycles. The topological polar surface area (TPSA) is 63.3 Å². The van der Waals surface area contributed by atoms with Gasteiger partial charge in [0.25, 0.3) is 0 Å². The molecule has 3 N–H and O–H groups in total. The highest BCUT2D eigenvalue weighted by Crippen LogP contribution is 2.24. The number of thioether (sulfide) groups is 1. The van der Waals surface area contributed by atoms with Crippen LogP contribution in [0.15, 0.2) is 22.7 Å². The highest BCUT2D eigenvalue weighted by molar-refractivity contribution is 9.10. The molecule has 0 fully saturated rings. The van der Waals surface area contributed by atoms with Crippen LogP contribution in [0.5, 0.6) is 0 Å². The summed E-state index contributed by atoms with van der Waals surface area (Å²) in [5.41, 5.74) is 6.14. The monoisotopic (exact) mass is 307 g/mol. The molecular formula is C10H11BrFNO2S. The molecule has 3 nitrogen and oxygen atoms in total. The maximum atomic E-state index is 13.1. The molecule has 1 aromatic rings. The van der Waals surface area contributed by atoms with Crippen LogP contribution in [0, 0.1) is 5.82 Å². The van der Waals surface area contributed by atoms with Gasteiger partial charge in [0.1, 0.15) is 11.9 Å². The summed E-state index contributed by atoms with van der Waals surface area (Å²) in [6, 6.07) is 3.89. The number of aliphatic carboxylic acids is 1. The van der Waals surface area contributed by atoms with E-state index in [1.807, 2.05) is 0 Å². The average molecular weight is 308 g/mol. The number of rotatable bonds is 5. The van der Waals surface area contributed by atoms with Gasteiger partial charge in [0, 0.05) is 11.5 Å². The molecule has 0 aromatic heterocycles. The summed E-state index contributed by atoms with van der Waals surface area (Å²) in [6.45, 7) is 0. The summed E-state index contributed by atoms with van der Waals surface area (Å²) in [6.07, 6.45) is 0. The van der Waals surface area contributed by atoms with Gasteiger partial charge in [0.15, 0.2) is 0 Å². The number of hydrogen-bond donors (Lipinski definition) is 2. The summed E-state index contributed by atoms with van der Waals surface area (Å²) in [5.74, 6) is -0.510. The third kappa shape index (κ3) is 3.77. The zero-order valence-electron chi connectivity index (χ0n) is 8.32. The molecule has 0 aliphatic rings. The number of carboxylic acids is 1. The lowest BCUT2D eigenvalue weighted by molar-refractivity contribution is -0.137. The van der Waals surface area contributed by atoms with Crippen LogP contribution in [0.4, 0.5) is 4.39 Å². The third-order valence-corrected chi connectivity index (χ3v) is 3.90. The molecule has 0 unspecified atom stereocenters. The Bertz CT molecular complexity index is 389. The van der Waals surface area contributed by atoms with Crippen LogP contribution in [0.1, 0.15) is 5.56 Å². The minimum Gasteiger partial charge on any atom is -0.480 e. The van der Waals surface area contributed by atoms with Gasteiger partial charge in [-0.05, 0) is 27.6 Å². The number of hydrogen-bond acceptors (Lipinski definition) is 3. The second kappa shape index (κ2) is 6.22. The number of carbonyl (C=O) groups is 1. The average Bonchev–Trinajstić information content (AvgIpc) is 2.24. The van der Waals surface area contributed by atoms with Crippen molar-refractivity contribution in [2.24, 2.45) is 5.73 Å². The Balaban J connectivity index is 2.49. The minimum atomic E-state index is -1.02. The summed E-state index contributed by atoms with van der Waals surface area (Å²) in [7, 11) is 0. The van der Waals surface area contributed by atoms with E-state index in [1.54, 1.807) is 12.1 Å². The SMILES string of the molecule is N[C@H](CSCc1cccc(F)c1Br)C(=O)O. The number of halogens is 2. The van der Waals surface area contributed by atoms with E-state index in [1.165, 1.54) is 17.8 Å². The van der Waals surface area contributed by atoms with Gasteiger partial charge >= 0.3 is 5.97 Å². The molecule has 0 heterocycles. The van der Waals surface area contributed by atoms with Crippen molar-refractivity contribution in [3.63, 3.8) is 0 Å². The van der Waals surface area contributed by atoms with Crippen LogP contribution in [0.25, 0.3) is 0 Å². The number of benzene rings is 1. The molecule has 0 aliphatic carbocycles. The fourth-order valence-electron chi connectivity index (χ4n) is 1.03. The molecule has 88 valence electrons. The Kier molecular flexibility index (Phi) is 5.24. The van der Waals surface area contributed by atoms with Gasteiger partial charge in [-0.2, -0.15) is 11.8 Å². The van der Waals surface area contributed by atoms with Crippen molar-refractivity contribution >= 4 is 33.7 Å². The first-order chi connectivity index (χ1) is 7.52. The third-order valence-electron chi connectivity index (χ3n) is 1.90. The second-order valence-electron chi connectivity index (χ2n) is 3.17. The van der Waals surface area contributed by atoms with E-state index in [-0.39, 0.29) is 5.82 Å². The Morgan fingerprint density at radius 3 is 2.94 bits per heavy atom. The van der Waals surface area contributed by atoms with Gasteiger partial charge in [0.2, 0.25) is 0 Å². The summed E-state index contributed by atoms with van der Waals surface area (Å²) < 4.78 is 13.5. The van der Waals surface area contributed by atoms with Gasteiger partial charge in [-0.15, -0.1) is 0 Å². The maximum absolute atomic E-state index is 13.1. The van der Waals surface area contributed by atoms with E-state index in [2.05, 4.69) is 15.9 Å². The molecule has 1 rings (SSSR count). The fraction of sp³-hybridized carbons (Fsp3) is 0.300. The first-order valence-corrected chi connectivity index (χ1v) is 6.46. The van der Waals surface area contributed by atoms with Gasteiger partial charge in [0.05, 0.1) is 4.47 Å². The Labute approximate surface area is 105 Å². The van der Waals surface area contributed by atoms with Crippen molar-refractivity contribution < 1.29 is 14.3 Å². The molecule has 0 saturated carbocycles. The van der Waals surface area contributed by atoms with Crippen molar-refractivity contribution in [1.29, 1.82) is 0 Å². The van der Waals surface area contributed by atoms with E-state index in [9.17, 15) is 9.18 Å². The second-order valence-corrected chi connectivity index (χ2v) is 5.00. The Hall–Kier alpha value is -0.590. The molecule has 0 radical (unpaired) electrons. The first kappa shape index (κ1) is 13.5. The molecule has 1 atom stereocenters. The maximum Gasteiger partial charge on any atom is 0.321 e. The van der Waals surface area contributed by atoms with Crippen LogP contribution in [0.2, 0.25) is 0 Å². The van der Waals surface area contributed by atoms with Crippen molar-refractivity contribution in [2.75, 3.05) is 5.75 Å². The predicted molar refractivity (Wildman–Crippen MR) is 65.9 cm³/mol. The molecule has 6 heteroatoms. The number of carboxylic acid groups (broad SMARTS) is 1. The molecule has 16 heavy (non-hydrogen) atoms. The zero-order valence-corrected chi connectivity index (χ0v) is 10.7. The van der Waals surface area contributed by atoms with Crippen molar-refractivity contribution in [3.05, 3.63) is 34.1 Å². The van der Waals surface area contributed by atoms with Crippen molar-refractivity contribution in [3.8, 4) is 0 Å². The van der Waals surface area contributed by atoms with Crippen LogP contribution >= 0.6 is 27.7 Å². The molecular weight excluding hydrogens is 297 g/mol. The van der Waals surface area contributed by atoms with E-state index in [4.69, 9.17) is 10.8 Å². The van der Waals surface area contributed by atoms with Gasteiger partial charge in [-0.3, -0.25) is 4.79 Å². The molecule has 0 bridgehead atoms. The van der Waals surface area contributed by atoms with Crippen LogP contribution in [-0.2, 0) is 10.5 Å². The van der Waals surface area contributed by atoms with E-state index < -0.39 is 12.0 Å². The minimum absolute atomic E-state index is 0.304. The van der Waals surface area contributed by atoms with Crippen LogP contribution < -0.4 is 5.73 Å². The molecule has 0 amide bonds. The van der Waals surface area contributed by atoms with E-state index >= 15 is 0 Å².